The van der Waals surface area contributed by atoms with Crippen molar-refractivity contribution in [3.63, 3.8) is 0 Å². The van der Waals surface area contributed by atoms with Crippen LogP contribution < -0.4 is 4.74 Å². The molecule has 1 rings (SSSR count). The smallest absolute Gasteiger partial charge is 0.188 e. The summed E-state index contributed by atoms with van der Waals surface area (Å²) in [5, 5.41) is 0. The molecule has 0 fully saturated rings. The first-order valence-corrected chi connectivity index (χ1v) is 5.41. The monoisotopic (exact) mass is 218 g/mol. The van der Waals surface area contributed by atoms with Crippen LogP contribution in [0.25, 0.3) is 0 Å². The number of aryl methyl sites for hydroxylation is 2. The molecule has 0 atom stereocenters. The highest BCUT2D eigenvalue weighted by molar-refractivity contribution is 6.09. The van der Waals surface area contributed by atoms with Crippen molar-refractivity contribution in [3.8, 4) is 5.75 Å². The Morgan fingerprint density at radius 1 is 1.31 bits per heavy atom. The van der Waals surface area contributed by atoms with Crippen LogP contribution in [0.2, 0.25) is 0 Å². The molecule has 0 bridgehead atoms. The molecule has 0 aliphatic heterocycles. The highest BCUT2D eigenvalue weighted by Crippen LogP contribution is 2.24. The maximum absolute atomic E-state index is 11.8. The normalized spacial score (nSPS) is 10.0. The highest BCUT2D eigenvalue weighted by Gasteiger charge is 2.12. The van der Waals surface area contributed by atoms with Gasteiger partial charge >= 0.3 is 0 Å². The van der Waals surface area contributed by atoms with Gasteiger partial charge < -0.3 is 4.74 Å². The van der Waals surface area contributed by atoms with Crippen molar-refractivity contribution < 1.29 is 9.53 Å². The van der Waals surface area contributed by atoms with Gasteiger partial charge in [0.15, 0.2) is 5.78 Å². The third-order valence-corrected chi connectivity index (χ3v) is 2.45. The average Bonchev–Trinajstić information content (AvgIpc) is 2.22. The number of hydrogen-bond acceptors (Lipinski definition) is 2. The molecule has 0 saturated heterocycles. The minimum atomic E-state index is 0.00338. The van der Waals surface area contributed by atoms with E-state index in [1.54, 1.807) is 6.92 Å². The zero-order valence-corrected chi connectivity index (χ0v) is 10.4. The van der Waals surface area contributed by atoms with Crippen molar-refractivity contribution in [1.82, 2.24) is 0 Å². The Hall–Kier alpha value is -1.57. The van der Waals surface area contributed by atoms with Crippen molar-refractivity contribution >= 4 is 5.78 Å². The van der Waals surface area contributed by atoms with Crippen LogP contribution in [-0.2, 0) is 0 Å². The molecule has 0 aromatic heterocycles. The predicted octanol–water partition coefficient (Wildman–Crippen LogP) is 3.46. The molecule has 0 N–H and O–H groups in total. The van der Waals surface area contributed by atoms with Crippen LogP contribution in [0.3, 0.4) is 0 Å². The second-order valence-corrected chi connectivity index (χ2v) is 3.98. The molecule has 16 heavy (non-hydrogen) atoms. The van der Waals surface area contributed by atoms with Crippen molar-refractivity contribution in [1.29, 1.82) is 0 Å². The topological polar surface area (TPSA) is 26.3 Å². The van der Waals surface area contributed by atoms with Gasteiger partial charge in [-0.15, -0.1) is 0 Å². The fraction of sp³-hybridized carbons (Fsp3) is 0.357. The number of allylic oxidation sites excluding steroid dienone is 1. The zero-order chi connectivity index (χ0) is 12.3. The summed E-state index contributed by atoms with van der Waals surface area (Å²) in [6.07, 6.45) is 0. The van der Waals surface area contributed by atoms with Gasteiger partial charge in [0.25, 0.3) is 0 Å². The van der Waals surface area contributed by atoms with Crippen molar-refractivity contribution in [2.24, 2.45) is 0 Å². The van der Waals surface area contributed by atoms with Crippen LogP contribution in [-0.4, -0.2) is 12.4 Å². The molecule has 2 nitrogen and oxygen atoms in total. The lowest BCUT2D eigenvalue weighted by Gasteiger charge is -2.11. The van der Waals surface area contributed by atoms with Gasteiger partial charge in [0.2, 0.25) is 0 Å². The van der Waals surface area contributed by atoms with E-state index < -0.39 is 0 Å². The van der Waals surface area contributed by atoms with Gasteiger partial charge in [0.1, 0.15) is 5.75 Å². The maximum Gasteiger partial charge on any atom is 0.188 e. The van der Waals surface area contributed by atoms with Gasteiger partial charge in [-0.25, -0.2) is 0 Å². The SMILES string of the molecule is C=C(C)C(=O)c1cc(C)c(OCC)cc1C. The summed E-state index contributed by atoms with van der Waals surface area (Å²) in [4.78, 5) is 11.8. The Morgan fingerprint density at radius 2 is 1.94 bits per heavy atom. The fourth-order valence-electron chi connectivity index (χ4n) is 1.58. The molecule has 0 spiro atoms. The number of benzene rings is 1. The molecule has 1 aromatic carbocycles. The number of Topliss-reactive ketones (excluding diaryl/α,β-unsaturated/α-hetero) is 1. The Morgan fingerprint density at radius 3 is 2.44 bits per heavy atom. The lowest BCUT2D eigenvalue weighted by molar-refractivity contribution is 0.103. The molecule has 0 saturated carbocycles. The lowest BCUT2D eigenvalue weighted by Crippen LogP contribution is -2.04. The Balaban J connectivity index is 3.20. The number of rotatable bonds is 4. The second kappa shape index (κ2) is 4.97. The molecule has 2 heteroatoms. The summed E-state index contributed by atoms with van der Waals surface area (Å²) >= 11 is 0. The summed E-state index contributed by atoms with van der Waals surface area (Å²) in [6, 6.07) is 3.78. The molecule has 0 amide bonds. The van der Waals surface area contributed by atoms with Crippen LogP contribution in [0.4, 0.5) is 0 Å². The van der Waals surface area contributed by atoms with Gasteiger partial charge in [-0.2, -0.15) is 0 Å². The summed E-state index contributed by atoms with van der Waals surface area (Å²) in [5.74, 6) is 0.849. The van der Waals surface area contributed by atoms with Gasteiger partial charge in [0, 0.05) is 5.56 Å². The molecule has 86 valence electrons. The highest BCUT2D eigenvalue weighted by atomic mass is 16.5. The first-order valence-electron chi connectivity index (χ1n) is 5.41. The first kappa shape index (κ1) is 12.5. The van der Waals surface area contributed by atoms with E-state index in [9.17, 15) is 4.79 Å². The van der Waals surface area contributed by atoms with Gasteiger partial charge in [0.05, 0.1) is 6.61 Å². The summed E-state index contributed by atoms with van der Waals surface area (Å²) in [5.41, 5.74) is 3.19. The summed E-state index contributed by atoms with van der Waals surface area (Å²) in [6.45, 7) is 11.8. The van der Waals surface area contributed by atoms with E-state index in [1.165, 1.54) is 0 Å². The quantitative estimate of drug-likeness (QED) is 0.571. The minimum Gasteiger partial charge on any atom is -0.494 e. The van der Waals surface area contributed by atoms with Gasteiger partial charge in [-0.05, 0) is 56.5 Å². The molecule has 1 aromatic rings. The van der Waals surface area contributed by atoms with Crippen LogP contribution in [0.5, 0.6) is 5.75 Å². The van der Waals surface area contributed by atoms with Crippen LogP contribution in [0.1, 0.15) is 35.3 Å². The van der Waals surface area contributed by atoms with E-state index in [1.807, 2.05) is 32.9 Å². The molecule has 0 heterocycles. The zero-order valence-electron chi connectivity index (χ0n) is 10.4. The van der Waals surface area contributed by atoms with E-state index in [-0.39, 0.29) is 5.78 Å². The Labute approximate surface area is 96.9 Å². The van der Waals surface area contributed by atoms with E-state index in [2.05, 4.69) is 6.58 Å². The third kappa shape index (κ3) is 2.51. The standard InChI is InChI=1S/C14H18O2/c1-6-16-13-8-10(4)12(7-11(13)5)14(15)9(2)3/h7-8H,2,6H2,1,3-5H3. The number of ketones is 1. The second-order valence-electron chi connectivity index (χ2n) is 3.98. The Bertz CT molecular complexity index is 431. The van der Waals surface area contributed by atoms with Crippen molar-refractivity contribution in [3.05, 3.63) is 41.0 Å². The van der Waals surface area contributed by atoms with Crippen molar-refractivity contribution in [2.45, 2.75) is 27.7 Å². The lowest BCUT2D eigenvalue weighted by atomic mass is 9.98. The van der Waals surface area contributed by atoms with E-state index >= 15 is 0 Å². The van der Waals surface area contributed by atoms with Crippen molar-refractivity contribution in [2.75, 3.05) is 6.61 Å². The fourth-order valence-corrected chi connectivity index (χ4v) is 1.58. The predicted molar refractivity (Wildman–Crippen MR) is 66.2 cm³/mol. The minimum absolute atomic E-state index is 0.00338. The molecule has 0 aliphatic rings. The number of carbonyl (C=O) groups is 1. The molecule has 0 unspecified atom stereocenters. The van der Waals surface area contributed by atoms with Crippen LogP contribution in [0.15, 0.2) is 24.3 Å². The summed E-state index contributed by atoms with van der Waals surface area (Å²) in [7, 11) is 0. The first-order chi connectivity index (χ1) is 7.47. The van der Waals surface area contributed by atoms with E-state index in [0.717, 1.165) is 16.9 Å². The van der Waals surface area contributed by atoms with Crippen LogP contribution in [0, 0.1) is 13.8 Å². The number of hydrogen-bond donors (Lipinski definition) is 0. The maximum atomic E-state index is 11.8. The van der Waals surface area contributed by atoms with Gasteiger partial charge in [-0.1, -0.05) is 6.58 Å². The van der Waals surface area contributed by atoms with E-state index in [4.69, 9.17) is 4.74 Å². The molecule has 0 radical (unpaired) electrons. The molecular formula is C14H18O2. The molecular weight excluding hydrogens is 200 g/mol. The van der Waals surface area contributed by atoms with E-state index in [0.29, 0.717) is 17.7 Å². The number of carbonyl (C=O) groups excluding carboxylic acids is 1. The summed E-state index contributed by atoms with van der Waals surface area (Å²) < 4.78 is 5.48. The Kier molecular flexibility index (Phi) is 3.88. The average molecular weight is 218 g/mol. The third-order valence-electron chi connectivity index (χ3n) is 2.45. The number of ether oxygens (including phenoxy) is 1. The molecule has 0 aliphatic carbocycles. The van der Waals surface area contributed by atoms with Gasteiger partial charge in [-0.3, -0.25) is 4.79 Å². The largest absolute Gasteiger partial charge is 0.494 e. The van der Waals surface area contributed by atoms with Crippen LogP contribution >= 0.6 is 0 Å².